The highest BCUT2D eigenvalue weighted by Crippen LogP contribution is 2.33. The molecule has 2 aromatic carbocycles. The van der Waals surface area contributed by atoms with Crippen molar-refractivity contribution in [3.63, 3.8) is 0 Å². The molecule has 0 unspecified atom stereocenters. The first-order valence-corrected chi connectivity index (χ1v) is 10.9. The van der Waals surface area contributed by atoms with Crippen molar-refractivity contribution >= 4 is 35.1 Å². The number of carbonyl (C=O) groups excluding carboxylic acids is 1. The van der Waals surface area contributed by atoms with Gasteiger partial charge in [0, 0.05) is 15.5 Å². The molecule has 0 radical (unpaired) electrons. The molecule has 0 saturated heterocycles. The molecule has 1 aromatic heterocycles. The Balaban J connectivity index is 1.71. The van der Waals surface area contributed by atoms with Crippen molar-refractivity contribution in [1.82, 2.24) is 4.98 Å². The van der Waals surface area contributed by atoms with Crippen molar-refractivity contribution in [2.24, 2.45) is 0 Å². The van der Waals surface area contributed by atoms with E-state index < -0.39 is 0 Å². The lowest BCUT2D eigenvalue weighted by atomic mass is 10.1. The molecular formula is C23H21N3OS2. The molecule has 1 heterocycles. The fourth-order valence-corrected chi connectivity index (χ4v) is 4.55. The maximum Gasteiger partial charge on any atom is 0.234 e. The molecule has 0 aliphatic rings. The number of nitrogens with one attached hydrogen (secondary N) is 1. The van der Waals surface area contributed by atoms with Crippen LogP contribution in [0.4, 0.5) is 5.69 Å². The Bertz CT molecular complexity index is 1080. The Morgan fingerprint density at radius 1 is 1.03 bits per heavy atom. The van der Waals surface area contributed by atoms with Crippen molar-refractivity contribution in [2.45, 2.75) is 35.6 Å². The van der Waals surface area contributed by atoms with Gasteiger partial charge in [0.05, 0.1) is 17.0 Å². The zero-order valence-corrected chi connectivity index (χ0v) is 18.2. The van der Waals surface area contributed by atoms with E-state index >= 15 is 0 Å². The summed E-state index contributed by atoms with van der Waals surface area (Å²) in [5.74, 6) is 0.0613. The molecule has 1 N–H and O–H groups in total. The second-order valence-corrected chi connectivity index (χ2v) is 8.57. The maximum absolute atomic E-state index is 12.6. The summed E-state index contributed by atoms with van der Waals surface area (Å²) in [6.45, 7) is 5.80. The van der Waals surface area contributed by atoms with Crippen LogP contribution in [0.15, 0.2) is 69.4 Å². The first kappa shape index (κ1) is 21.0. The van der Waals surface area contributed by atoms with Crippen LogP contribution in [0.5, 0.6) is 0 Å². The molecule has 3 rings (SSSR count). The number of aryl methyl sites for hydroxylation is 1. The Morgan fingerprint density at radius 3 is 2.45 bits per heavy atom. The third-order valence-corrected chi connectivity index (χ3v) is 6.61. The lowest BCUT2D eigenvalue weighted by Crippen LogP contribution is -2.15. The fourth-order valence-electron chi connectivity index (χ4n) is 2.74. The zero-order chi connectivity index (χ0) is 20.8. The van der Waals surface area contributed by atoms with Gasteiger partial charge in [0.15, 0.2) is 0 Å². The van der Waals surface area contributed by atoms with Gasteiger partial charge in [-0.15, -0.1) is 0 Å². The van der Waals surface area contributed by atoms with Crippen LogP contribution in [0.3, 0.4) is 0 Å². The number of hydrogen-bond donors (Lipinski definition) is 1. The van der Waals surface area contributed by atoms with Crippen LogP contribution in [0, 0.1) is 32.1 Å². The number of thioether (sulfide) groups is 1. The van der Waals surface area contributed by atoms with E-state index in [1.54, 1.807) is 11.8 Å². The summed E-state index contributed by atoms with van der Waals surface area (Å²) in [6.07, 6.45) is 0. The van der Waals surface area contributed by atoms with Crippen LogP contribution in [-0.4, -0.2) is 16.6 Å². The van der Waals surface area contributed by atoms with Gasteiger partial charge in [0.1, 0.15) is 11.1 Å². The first-order chi connectivity index (χ1) is 14.0. The second kappa shape index (κ2) is 9.64. The Kier molecular flexibility index (Phi) is 6.97. The lowest BCUT2D eigenvalue weighted by molar-refractivity contribution is -0.113. The standard InChI is InChI=1S/C23H21N3OS2/c1-15-16(2)19(13-24)23(25-17(15)3)28-14-22(27)26-20-11-7-8-12-21(20)29-18-9-5-4-6-10-18/h4-12H,14H2,1-3H3,(H,26,27). The minimum absolute atomic E-state index is 0.127. The van der Waals surface area contributed by atoms with Crippen molar-refractivity contribution in [1.29, 1.82) is 5.26 Å². The van der Waals surface area contributed by atoms with Crippen LogP contribution >= 0.6 is 23.5 Å². The quantitative estimate of drug-likeness (QED) is 0.515. The summed E-state index contributed by atoms with van der Waals surface area (Å²) in [5, 5.41) is 13.1. The number of amides is 1. The molecule has 0 bridgehead atoms. The zero-order valence-electron chi connectivity index (χ0n) is 16.5. The van der Waals surface area contributed by atoms with Gasteiger partial charge in [0.2, 0.25) is 5.91 Å². The van der Waals surface area contributed by atoms with Crippen molar-refractivity contribution in [3.8, 4) is 6.07 Å². The van der Waals surface area contributed by atoms with Crippen LogP contribution in [0.2, 0.25) is 0 Å². The van der Waals surface area contributed by atoms with E-state index in [2.05, 4.69) is 16.4 Å². The normalized spacial score (nSPS) is 10.4. The van der Waals surface area contributed by atoms with E-state index in [1.165, 1.54) is 11.8 Å². The molecule has 29 heavy (non-hydrogen) atoms. The molecule has 146 valence electrons. The predicted octanol–water partition coefficient (Wildman–Crippen LogP) is 5.76. The van der Waals surface area contributed by atoms with Crippen molar-refractivity contribution < 1.29 is 4.79 Å². The van der Waals surface area contributed by atoms with Gasteiger partial charge < -0.3 is 5.32 Å². The van der Waals surface area contributed by atoms with Gasteiger partial charge in [-0.1, -0.05) is 53.9 Å². The molecule has 0 atom stereocenters. The first-order valence-electron chi connectivity index (χ1n) is 9.12. The number of nitriles is 1. The number of anilines is 1. The third kappa shape index (κ3) is 5.20. The van der Waals surface area contributed by atoms with Gasteiger partial charge >= 0.3 is 0 Å². The number of carbonyl (C=O) groups is 1. The Morgan fingerprint density at radius 2 is 1.72 bits per heavy atom. The Hall–Kier alpha value is -2.75. The average Bonchev–Trinajstić information content (AvgIpc) is 2.73. The number of benzene rings is 2. The van der Waals surface area contributed by atoms with Gasteiger partial charge in [0.25, 0.3) is 0 Å². The predicted molar refractivity (Wildman–Crippen MR) is 120 cm³/mol. The molecule has 0 aliphatic heterocycles. The van der Waals surface area contributed by atoms with Gasteiger partial charge in [-0.3, -0.25) is 4.79 Å². The molecule has 1 amide bonds. The third-order valence-electron chi connectivity index (χ3n) is 4.55. The van der Waals surface area contributed by atoms with Gasteiger partial charge in [-0.2, -0.15) is 5.26 Å². The summed E-state index contributed by atoms with van der Waals surface area (Å²) in [4.78, 5) is 19.2. The molecular weight excluding hydrogens is 398 g/mol. The summed E-state index contributed by atoms with van der Waals surface area (Å²) in [6, 6.07) is 20.0. The van der Waals surface area contributed by atoms with Crippen LogP contribution in [0.1, 0.15) is 22.4 Å². The van der Waals surface area contributed by atoms with E-state index in [1.807, 2.05) is 75.4 Å². The molecule has 6 heteroatoms. The van der Waals surface area contributed by atoms with E-state index in [4.69, 9.17) is 0 Å². The minimum Gasteiger partial charge on any atom is -0.324 e. The second-order valence-electron chi connectivity index (χ2n) is 6.49. The Labute approximate surface area is 179 Å². The van der Waals surface area contributed by atoms with Gasteiger partial charge in [-0.25, -0.2) is 4.98 Å². The topological polar surface area (TPSA) is 65.8 Å². The smallest absolute Gasteiger partial charge is 0.234 e. The van der Waals surface area contributed by atoms with Crippen LogP contribution in [0.25, 0.3) is 0 Å². The highest BCUT2D eigenvalue weighted by atomic mass is 32.2. The highest BCUT2D eigenvalue weighted by Gasteiger charge is 2.15. The van der Waals surface area contributed by atoms with E-state index in [-0.39, 0.29) is 11.7 Å². The summed E-state index contributed by atoms with van der Waals surface area (Å²) < 4.78 is 0. The molecule has 0 fully saturated rings. The summed E-state index contributed by atoms with van der Waals surface area (Å²) in [5.41, 5.74) is 4.14. The number of rotatable bonds is 6. The number of pyridine rings is 1. The number of hydrogen-bond acceptors (Lipinski definition) is 5. The van der Waals surface area contributed by atoms with Crippen LogP contribution < -0.4 is 5.32 Å². The van der Waals surface area contributed by atoms with Gasteiger partial charge in [-0.05, 0) is 56.2 Å². The van der Waals surface area contributed by atoms with E-state index in [0.29, 0.717) is 10.6 Å². The monoisotopic (exact) mass is 419 g/mol. The molecule has 0 saturated carbocycles. The van der Waals surface area contributed by atoms with Crippen molar-refractivity contribution in [2.75, 3.05) is 11.1 Å². The summed E-state index contributed by atoms with van der Waals surface area (Å²) >= 11 is 2.90. The lowest BCUT2D eigenvalue weighted by Gasteiger charge is -2.12. The number of nitrogens with zero attached hydrogens (tertiary/aromatic N) is 2. The highest BCUT2D eigenvalue weighted by molar-refractivity contribution is 8.00. The SMILES string of the molecule is Cc1nc(SCC(=O)Nc2ccccc2Sc2ccccc2)c(C#N)c(C)c1C. The van der Waals surface area contributed by atoms with Crippen molar-refractivity contribution in [3.05, 3.63) is 77.0 Å². The number of aromatic nitrogens is 1. The summed E-state index contributed by atoms with van der Waals surface area (Å²) in [7, 11) is 0. The maximum atomic E-state index is 12.6. The molecule has 3 aromatic rings. The average molecular weight is 420 g/mol. The molecule has 4 nitrogen and oxygen atoms in total. The van der Waals surface area contributed by atoms with E-state index in [9.17, 15) is 10.1 Å². The largest absolute Gasteiger partial charge is 0.324 e. The minimum atomic E-state index is -0.127. The number of para-hydroxylation sites is 1. The van der Waals surface area contributed by atoms with E-state index in [0.717, 1.165) is 32.3 Å². The molecule has 0 spiro atoms. The molecule has 0 aliphatic carbocycles. The van der Waals surface area contributed by atoms with Crippen LogP contribution in [-0.2, 0) is 4.79 Å². The fraction of sp³-hybridized carbons (Fsp3) is 0.174.